The first-order chi connectivity index (χ1) is 13.5. The Morgan fingerprint density at radius 1 is 1.00 bits per heavy atom. The SMILES string of the molecule is CC(C)C(NC(=O)c1ccccc1Br)C(=O)Nc1ccc(N2CCCC2)cc1. The first-order valence-electron chi connectivity index (χ1n) is 9.67. The summed E-state index contributed by atoms with van der Waals surface area (Å²) in [5.41, 5.74) is 2.42. The van der Waals surface area contributed by atoms with Crippen LogP contribution in [0.4, 0.5) is 11.4 Å². The third-order valence-corrected chi connectivity index (χ3v) is 5.65. The van der Waals surface area contributed by atoms with Crippen LogP contribution in [0, 0.1) is 5.92 Å². The van der Waals surface area contributed by atoms with Gasteiger partial charge in [0.25, 0.3) is 5.91 Å². The highest BCUT2D eigenvalue weighted by atomic mass is 79.9. The van der Waals surface area contributed by atoms with E-state index in [1.54, 1.807) is 18.2 Å². The van der Waals surface area contributed by atoms with Crippen molar-refractivity contribution >= 4 is 39.1 Å². The standard InChI is InChI=1S/C22H26BrN3O2/c1-15(2)20(25-21(27)18-7-3-4-8-19(18)23)22(28)24-16-9-11-17(12-10-16)26-13-5-6-14-26/h3-4,7-12,15,20H,5-6,13-14H2,1-2H3,(H,24,28)(H,25,27). The number of halogens is 1. The predicted molar refractivity (Wildman–Crippen MR) is 117 cm³/mol. The summed E-state index contributed by atoms with van der Waals surface area (Å²) in [4.78, 5) is 27.7. The minimum absolute atomic E-state index is 0.0460. The van der Waals surface area contributed by atoms with E-state index in [2.05, 4.69) is 31.5 Å². The summed E-state index contributed by atoms with van der Waals surface area (Å²) in [6, 6.07) is 14.4. The molecular weight excluding hydrogens is 418 g/mol. The van der Waals surface area contributed by atoms with Gasteiger partial charge in [0.15, 0.2) is 0 Å². The van der Waals surface area contributed by atoms with Crippen LogP contribution in [0.25, 0.3) is 0 Å². The molecule has 28 heavy (non-hydrogen) atoms. The lowest BCUT2D eigenvalue weighted by Crippen LogP contribution is -2.47. The van der Waals surface area contributed by atoms with Crippen LogP contribution in [-0.4, -0.2) is 30.9 Å². The lowest BCUT2D eigenvalue weighted by atomic mass is 10.0. The fraction of sp³-hybridized carbons (Fsp3) is 0.364. The molecule has 1 fully saturated rings. The summed E-state index contributed by atoms with van der Waals surface area (Å²) in [7, 11) is 0. The number of hydrogen-bond donors (Lipinski definition) is 2. The normalized spacial score (nSPS) is 14.8. The summed E-state index contributed by atoms with van der Waals surface area (Å²) < 4.78 is 0.702. The summed E-state index contributed by atoms with van der Waals surface area (Å²) in [5.74, 6) is -0.537. The Labute approximate surface area is 174 Å². The van der Waals surface area contributed by atoms with Crippen LogP contribution in [0.2, 0.25) is 0 Å². The lowest BCUT2D eigenvalue weighted by Gasteiger charge is -2.22. The maximum Gasteiger partial charge on any atom is 0.253 e. The molecule has 1 aliphatic heterocycles. The Bertz CT molecular complexity index is 830. The molecule has 1 unspecified atom stereocenters. The molecule has 2 aromatic carbocycles. The number of rotatable bonds is 6. The van der Waals surface area contributed by atoms with Crippen molar-refractivity contribution in [3.05, 3.63) is 58.6 Å². The molecule has 2 amide bonds. The molecule has 6 heteroatoms. The Hall–Kier alpha value is -2.34. The van der Waals surface area contributed by atoms with E-state index in [9.17, 15) is 9.59 Å². The van der Waals surface area contributed by atoms with Gasteiger partial charge >= 0.3 is 0 Å². The number of amides is 2. The van der Waals surface area contributed by atoms with Gasteiger partial charge in [0.2, 0.25) is 5.91 Å². The van der Waals surface area contributed by atoms with E-state index in [-0.39, 0.29) is 17.7 Å². The Morgan fingerprint density at radius 3 is 2.25 bits per heavy atom. The molecule has 3 rings (SSSR count). The number of benzene rings is 2. The number of nitrogens with one attached hydrogen (secondary N) is 2. The van der Waals surface area contributed by atoms with Gasteiger partial charge in [-0.3, -0.25) is 9.59 Å². The van der Waals surface area contributed by atoms with Crippen molar-refractivity contribution in [3.63, 3.8) is 0 Å². The molecule has 0 aromatic heterocycles. The van der Waals surface area contributed by atoms with Gasteiger partial charge in [-0.2, -0.15) is 0 Å². The van der Waals surface area contributed by atoms with E-state index in [1.165, 1.54) is 18.5 Å². The van der Waals surface area contributed by atoms with Crippen LogP contribution in [-0.2, 0) is 4.79 Å². The monoisotopic (exact) mass is 443 g/mol. The number of nitrogens with zero attached hydrogens (tertiary/aromatic N) is 1. The van der Waals surface area contributed by atoms with Crippen molar-refractivity contribution in [1.29, 1.82) is 0 Å². The zero-order chi connectivity index (χ0) is 20.1. The van der Waals surface area contributed by atoms with Crippen LogP contribution in [0.1, 0.15) is 37.0 Å². The van der Waals surface area contributed by atoms with Crippen molar-refractivity contribution in [2.24, 2.45) is 5.92 Å². The minimum atomic E-state index is -0.627. The molecule has 5 nitrogen and oxygen atoms in total. The molecule has 2 aromatic rings. The summed E-state index contributed by atoms with van der Waals surface area (Å²) in [6.45, 7) is 6.01. The number of hydrogen-bond acceptors (Lipinski definition) is 3. The Kier molecular flexibility index (Phi) is 6.73. The van der Waals surface area contributed by atoms with Crippen molar-refractivity contribution in [2.75, 3.05) is 23.3 Å². The Morgan fingerprint density at radius 2 is 1.64 bits per heavy atom. The van der Waals surface area contributed by atoms with E-state index in [0.717, 1.165) is 18.8 Å². The van der Waals surface area contributed by atoms with Crippen LogP contribution in [0.3, 0.4) is 0 Å². The summed E-state index contributed by atoms with van der Waals surface area (Å²) in [5, 5.41) is 5.79. The van der Waals surface area contributed by atoms with Gasteiger partial charge in [-0.15, -0.1) is 0 Å². The molecule has 0 spiro atoms. The molecule has 1 aliphatic rings. The van der Waals surface area contributed by atoms with Gasteiger partial charge in [0.05, 0.1) is 5.56 Å². The van der Waals surface area contributed by atoms with Gasteiger partial charge in [0.1, 0.15) is 6.04 Å². The van der Waals surface area contributed by atoms with Gasteiger partial charge in [0, 0.05) is 28.9 Å². The molecule has 2 N–H and O–H groups in total. The maximum atomic E-state index is 12.8. The topological polar surface area (TPSA) is 61.4 Å². The van der Waals surface area contributed by atoms with Gasteiger partial charge < -0.3 is 15.5 Å². The molecule has 148 valence electrons. The molecule has 0 bridgehead atoms. The average molecular weight is 444 g/mol. The quantitative estimate of drug-likeness (QED) is 0.693. The Balaban J connectivity index is 1.66. The van der Waals surface area contributed by atoms with Crippen molar-refractivity contribution in [2.45, 2.75) is 32.7 Å². The minimum Gasteiger partial charge on any atom is -0.372 e. The summed E-state index contributed by atoms with van der Waals surface area (Å²) >= 11 is 3.38. The van der Waals surface area contributed by atoms with E-state index >= 15 is 0 Å². The predicted octanol–water partition coefficient (Wildman–Crippen LogP) is 4.44. The fourth-order valence-electron chi connectivity index (χ4n) is 3.35. The second-order valence-corrected chi connectivity index (χ2v) is 8.26. The maximum absolute atomic E-state index is 12.8. The second-order valence-electron chi connectivity index (χ2n) is 7.41. The van der Waals surface area contributed by atoms with Gasteiger partial charge in [-0.1, -0.05) is 26.0 Å². The first kappa shape index (κ1) is 20.4. The number of carbonyl (C=O) groups is 2. The van der Waals surface area contributed by atoms with Crippen molar-refractivity contribution in [1.82, 2.24) is 5.32 Å². The molecule has 1 atom stereocenters. The highest BCUT2D eigenvalue weighted by molar-refractivity contribution is 9.10. The number of anilines is 2. The van der Waals surface area contributed by atoms with Crippen LogP contribution >= 0.6 is 15.9 Å². The van der Waals surface area contributed by atoms with Gasteiger partial charge in [-0.05, 0) is 71.1 Å². The summed E-state index contributed by atoms with van der Waals surface area (Å²) in [6.07, 6.45) is 2.46. The van der Waals surface area contributed by atoms with E-state index < -0.39 is 6.04 Å². The van der Waals surface area contributed by atoms with Crippen molar-refractivity contribution < 1.29 is 9.59 Å². The van der Waals surface area contributed by atoms with Gasteiger partial charge in [-0.25, -0.2) is 0 Å². The second kappa shape index (κ2) is 9.24. The van der Waals surface area contributed by atoms with Crippen LogP contribution in [0.15, 0.2) is 53.0 Å². The molecule has 1 heterocycles. The molecule has 0 radical (unpaired) electrons. The van der Waals surface area contributed by atoms with Crippen molar-refractivity contribution in [3.8, 4) is 0 Å². The third-order valence-electron chi connectivity index (χ3n) is 4.96. The molecular formula is C22H26BrN3O2. The smallest absolute Gasteiger partial charge is 0.253 e. The average Bonchev–Trinajstić information content (AvgIpc) is 3.21. The molecule has 1 saturated heterocycles. The first-order valence-corrected chi connectivity index (χ1v) is 10.5. The van der Waals surface area contributed by atoms with Crippen LogP contribution < -0.4 is 15.5 Å². The highest BCUT2D eigenvalue weighted by Crippen LogP contribution is 2.22. The third kappa shape index (κ3) is 4.93. The molecule has 0 aliphatic carbocycles. The van der Waals surface area contributed by atoms with E-state index in [1.807, 2.05) is 44.2 Å². The fourth-order valence-corrected chi connectivity index (χ4v) is 3.82. The zero-order valence-corrected chi connectivity index (χ0v) is 17.8. The highest BCUT2D eigenvalue weighted by Gasteiger charge is 2.25. The molecule has 0 saturated carbocycles. The van der Waals surface area contributed by atoms with E-state index in [4.69, 9.17) is 0 Å². The van der Waals surface area contributed by atoms with Crippen LogP contribution in [0.5, 0.6) is 0 Å². The lowest BCUT2D eigenvalue weighted by molar-refractivity contribution is -0.118. The van der Waals surface area contributed by atoms with E-state index in [0.29, 0.717) is 10.0 Å². The largest absolute Gasteiger partial charge is 0.372 e. The zero-order valence-electron chi connectivity index (χ0n) is 16.2. The number of carbonyl (C=O) groups excluding carboxylic acids is 2.